The summed E-state index contributed by atoms with van der Waals surface area (Å²) in [4.78, 5) is 19.0. The fourth-order valence-electron chi connectivity index (χ4n) is 1.94. The summed E-state index contributed by atoms with van der Waals surface area (Å²) in [5.74, 6) is 1.02. The van der Waals surface area contributed by atoms with Crippen molar-refractivity contribution in [2.24, 2.45) is 5.92 Å². The molecule has 0 unspecified atom stereocenters. The van der Waals surface area contributed by atoms with Crippen LogP contribution in [0.4, 0.5) is 11.6 Å². The van der Waals surface area contributed by atoms with E-state index in [1.54, 1.807) is 18.2 Å². The lowest BCUT2D eigenvalue weighted by molar-refractivity contribution is 0.110. The van der Waals surface area contributed by atoms with Crippen LogP contribution < -0.4 is 16.6 Å². The molecular formula is C15H22N4O2. The van der Waals surface area contributed by atoms with Gasteiger partial charge in [0.15, 0.2) is 0 Å². The van der Waals surface area contributed by atoms with Crippen molar-refractivity contribution in [3.05, 3.63) is 28.6 Å². The molecule has 6 nitrogen and oxygen atoms in total. The predicted molar refractivity (Wildman–Crippen MR) is 85.5 cm³/mol. The van der Waals surface area contributed by atoms with Crippen LogP contribution in [0.15, 0.2) is 23.0 Å². The van der Waals surface area contributed by atoms with Crippen LogP contribution in [-0.2, 0) is 4.74 Å². The number of rotatable bonds is 7. The Hall–Kier alpha value is -2.08. The van der Waals surface area contributed by atoms with Gasteiger partial charge in [-0.1, -0.05) is 13.8 Å². The van der Waals surface area contributed by atoms with Gasteiger partial charge in [0.25, 0.3) is 5.56 Å². The highest BCUT2D eigenvalue weighted by molar-refractivity contribution is 5.81. The summed E-state index contributed by atoms with van der Waals surface area (Å²) in [6.07, 6.45) is 0.857. The first-order chi connectivity index (χ1) is 10.1. The van der Waals surface area contributed by atoms with Crippen LogP contribution in [0.5, 0.6) is 0 Å². The van der Waals surface area contributed by atoms with Gasteiger partial charge in [-0.25, -0.2) is 4.98 Å². The zero-order chi connectivity index (χ0) is 15.2. The monoisotopic (exact) mass is 290 g/mol. The predicted octanol–water partition coefficient (Wildman–Crippen LogP) is 1.98. The molecule has 1 aromatic carbocycles. The molecule has 0 aliphatic carbocycles. The summed E-state index contributed by atoms with van der Waals surface area (Å²) < 4.78 is 5.49. The SMILES string of the molecule is CC(C)COCCCNc1nc2ccc(N)cc2c(=O)[nH]1. The van der Waals surface area contributed by atoms with Crippen molar-refractivity contribution in [3.8, 4) is 0 Å². The lowest BCUT2D eigenvalue weighted by Gasteiger charge is -2.08. The van der Waals surface area contributed by atoms with Gasteiger partial charge in [-0.2, -0.15) is 0 Å². The highest BCUT2D eigenvalue weighted by Crippen LogP contribution is 2.12. The van der Waals surface area contributed by atoms with Crippen LogP contribution in [-0.4, -0.2) is 29.7 Å². The number of benzene rings is 1. The largest absolute Gasteiger partial charge is 0.399 e. The van der Waals surface area contributed by atoms with Crippen LogP contribution in [0.25, 0.3) is 10.9 Å². The quantitative estimate of drug-likeness (QED) is 0.535. The van der Waals surface area contributed by atoms with E-state index >= 15 is 0 Å². The fourth-order valence-corrected chi connectivity index (χ4v) is 1.94. The van der Waals surface area contributed by atoms with E-state index in [1.807, 2.05) is 0 Å². The van der Waals surface area contributed by atoms with Gasteiger partial charge in [0.05, 0.1) is 10.9 Å². The van der Waals surface area contributed by atoms with Gasteiger partial charge in [0, 0.05) is 25.4 Å². The molecule has 1 aromatic heterocycles. The Bertz CT molecular complexity index is 652. The summed E-state index contributed by atoms with van der Waals surface area (Å²) in [6.45, 7) is 6.40. The lowest BCUT2D eigenvalue weighted by atomic mass is 10.2. The average molecular weight is 290 g/mol. The molecule has 0 bridgehead atoms. The maximum absolute atomic E-state index is 11.9. The van der Waals surface area contributed by atoms with Gasteiger partial charge in [0.1, 0.15) is 0 Å². The van der Waals surface area contributed by atoms with Gasteiger partial charge < -0.3 is 15.8 Å². The van der Waals surface area contributed by atoms with Crippen molar-refractivity contribution in [2.75, 3.05) is 30.8 Å². The number of hydrogen-bond acceptors (Lipinski definition) is 5. The molecule has 0 amide bonds. The average Bonchev–Trinajstić information content (AvgIpc) is 2.43. The van der Waals surface area contributed by atoms with Gasteiger partial charge in [0.2, 0.25) is 5.95 Å². The molecule has 4 N–H and O–H groups in total. The summed E-state index contributed by atoms with van der Waals surface area (Å²) in [6, 6.07) is 5.11. The number of nitrogens with two attached hydrogens (primary N) is 1. The molecule has 0 saturated carbocycles. The number of H-pyrrole nitrogens is 1. The van der Waals surface area contributed by atoms with E-state index < -0.39 is 0 Å². The number of aromatic nitrogens is 2. The molecule has 1 heterocycles. The topological polar surface area (TPSA) is 93.0 Å². The second-order valence-electron chi connectivity index (χ2n) is 5.44. The first-order valence-electron chi connectivity index (χ1n) is 7.17. The highest BCUT2D eigenvalue weighted by atomic mass is 16.5. The third kappa shape index (κ3) is 4.46. The first-order valence-corrected chi connectivity index (χ1v) is 7.17. The number of hydrogen-bond donors (Lipinski definition) is 3. The van der Waals surface area contributed by atoms with Crippen molar-refractivity contribution < 1.29 is 4.74 Å². The van der Waals surface area contributed by atoms with Crippen molar-refractivity contribution >= 4 is 22.5 Å². The Morgan fingerprint density at radius 1 is 1.43 bits per heavy atom. The van der Waals surface area contributed by atoms with Gasteiger partial charge >= 0.3 is 0 Å². The molecule has 2 rings (SSSR count). The standard InChI is InChI=1S/C15H22N4O2/c1-10(2)9-21-7-3-6-17-15-18-13-5-4-11(16)8-12(13)14(20)19-15/h4-5,8,10H,3,6-7,9,16H2,1-2H3,(H2,17,18,19,20). The molecular weight excluding hydrogens is 268 g/mol. The van der Waals surface area contributed by atoms with Crippen LogP contribution in [0.1, 0.15) is 20.3 Å². The third-order valence-electron chi connectivity index (χ3n) is 2.94. The Morgan fingerprint density at radius 3 is 3.00 bits per heavy atom. The smallest absolute Gasteiger partial charge is 0.260 e. The molecule has 0 saturated heterocycles. The molecule has 0 radical (unpaired) electrons. The number of nitrogens with zero attached hydrogens (tertiary/aromatic N) is 1. The minimum atomic E-state index is -0.189. The number of fused-ring (bicyclic) bond motifs is 1. The number of anilines is 2. The summed E-state index contributed by atoms with van der Waals surface area (Å²) in [5, 5.41) is 3.60. The molecule has 21 heavy (non-hydrogen) atoms. The zero-order valence-corrected chi connectivity index (χ0v) is 12.5. The Morgan fingerprint density at radius 2 is 2.24 bits per heavy atom. The number of aromatic amines is 1. The third-order valence-corrected chi connectivity index (χ3v) is 2.94. The van der Waals surface area contributed by atoms with Crippen LogP contribution in [0, 0.1) is 5.92 Å². The van der Waals surface area contributed by atoms with Crippen LogP contribution >= 0.6 is 0 Å². The Kier molecular flexibility index (Phi) is 5.16. The van der Waals surface area contributed by atoms with E-state index in [-0.39, 0.29) is 5.56 Å². The zero-order valence-electron chi connectivity index (χ0n) is 12.5. The van der Waals surface area contributed by atoms with Crippen molar-refractivity contribution in [2.45, 2.75) is 20.3 Å². The van der Waals surface area contributed by atoms with E-state index in [0.717, 1.165) is 13.0 Å². The highest BCUT2D eigenvalue weighted by Gasteiger charge is 2.03. The number of nitrogens with one attached hydrogen (secondary N) is 2. The van der Waals surface area contributed by atoms with Crippen molar-refractivity contribution in [1.82, 2.24) is 9.97 Å². The van der Waals surface area contributed by atoms with Gasteiger partial charge in [-0.3, -0.25) is 9.78 Å². The molecule has 0 aliphatic rings. The van der Waals surface area contributed by atoms with Gasteiger partial charge in [-0.15, -0.1) is 0 Å². The van der Waals surface area contributed by atoms with Crippen LogP contribution in [0.2, 0.25) is 0 Å². The van der Waals surface area contributed by atoms with Crippen molar-refractivity contribution in [1.29, 1.82) is 0 Å². The van der Waals surface area contributed by atoms with Crippen molar-refractivity contribution in [3.63, 3.8) is 0 Å². The summed E-state index contributed by atoms with van der Waals surface area (Å²) >= 11 is 0. The normalized spacial score (nSPS) is 11.2. The lowest BCUT2D eigenvalue weighted by Crippen LogP contribution is -2.15. The minimum Gasteiger partial charge on any atom is -0.399 e. The van der Waals surface area contributed by atoms with Gasteiger partial charge in [-0.05, 0) is 30.5 Å². The summed E-state index contributed by atoms with van der Waals surface area (Å²) in [5.41, 5.74) is 6.66. The fraction of sp³-hybridized carbons (Fsp3) is 0.467. The Labute approximate surface area is 123 Å². The second-order valence-corrected chi connectivity index (χ2v) is 5.44. The second kappa shape index (κ2) is 7.08. The summed E-state index contributed by atoms with van der Waals surface area (Å²) in [7, 11) is 0. The molecule has 0 atom stereocenters. The maximum atomic E-state index is 11.9. The molecule has 114 valence electrons. The van der Waals surface area contributed by atoms with E-state index in [4.69, 9.17) is 10.5 Å². The number of nitrogen functional groups attached to an aromatic ring is 1. The molecule has 0 aliphatic heterocycles. The molecule has 0 spiro atoms. The maximum Gasteiger partial charge on any atom is 0.260 e. The van der Waals surface area contributed by atoms with E-state index in [2.05, 4.69) is 29.1 Å². The molecule has 2 aromatic rings. The first kappa shape index (κ1) is 15.3. The van der Waals surface area contributed by atoms with E-state index in [9.17, 15) is 4.79 Å². The molecule has 0 fully saturated rings. The minimum absolute atomic E-state index is 0.189. The molecule has 6 heteroatoms. The van der Waals surface area contributed by atoms with E-state index in [1.165, 1.54) is 0 Å². The van der Waals surface area contributed by atoms with Crippen LogP contribution in [0.3, 0.4) is 0 Å². The van der Waals surface area contributed by atoms with E-state index in [0.29, 0.717) is 41.6 Å². The number of ether oxygens (including phenoxy) is 1. The Balaban J connectivity index is 1.91.